The van der Waals surface area contributed by atoms with Gasteiger partial charge in [0.25, 0.3) is 5.91 Å². The highest BCUT2D eigenvalue weighted by Crippen LogP contribution is 2.47. The monoisotopic (exact) mass is 438 g/mol. The van der Waals surface area contributed by atoms with Crippen LogP contribution in [0.5, 0.6) is 0 Å². The lowest BCUT2D eigenvalue weighted by Gasteiger charge is -2.39. The van der Waals surface area contributed by atoms with Crippen molar-refractivity contribution in [3.05, 3.63) is 87.5 Å². The molecular weight excluding hydrogens is 415 g/mol. The number of nitrogens with one attached hydrogen (secondary N) is 2. The van der Waals surface area contributed by atoms with Crippen LogP contribution in [0.15, 0.2) is 71.1 Å². The Kier molecular flexibility index (Phi) is 5.48. The molecule has 2 N–H and O–H groups in total. The second-order valence-electron chi connectivity index (χ2n) is 8.95. The molecule has 6 heteroatoms. The Morgan fingerprint density at radius 2 is 1.90 bits per heavy atom. The van der Waals surface area contributed by atoms with Crippen molar-refractivity contribution in [2.24, 2.45) is 5.41 Å². The number of hydrogen-bond donors (Lipinski definition) is 2. The minimum atomic E-state index is -0.549. The number of allylic oxidation sites excluding steroid dienone is 3. The molecule has 0 fully saturated rings. The second kappa shape index (κ2) is 7.97. The predicted molar refractivity (Wildman–Crippen MR) is 120 cm³/mol. The van der Waals surface area contributed by atoms with Gasteiger partial charge < -0.3 is 10.6 Å². The third-order valence-electron chi connectivity index (χ3n) is 5.75. The van der Waals surface area contributed by atoms with E-state index >= 15 is 0 Å². The fourth-order valence-electron chi connectivity index (χ4n) is 4.52. The van der Waals surface area contributed by atoms with Crippen LogP contribution in [0.4, 0.5) is 10.1 Å². The van der Waals surface area contributed by atoms with E-state index in [1.165, 1.54) is 18.2 Å². The lowest BCUT2D eigenvalue weighted by molar-refractivity contribution is -0.118. The summed E-state index contributed by atoms with van der Waals surface area (Å²) in [5, 5.41) is 6.63. The second-order valence-corrected chi connectivity index (χ2v) is 9.39. The van der Waals surface area contributed by atoms with E-state index in [0.29, 0.717) is 40.4 Å². The lowest BCUT2D eigenvalue weighted by Crippen LogP contribution is -2.39. The normalized spacial score (nSPS) is 20.3. The molecule has 4 nitrogen and oxygen atoms in total. The van der Waals surface area contributed by atoms with Gasteiger partial charge in [0.15, 0.2) is 5.78 Å². The van der Waals surface area contributed by atoms with Gasteiger partial charge in [-0.25, -0.2) is 4.39 Å². The fourth-order valence-corrected chi connectivity index (χ4v) is 4.72. The molecule has 1 aliphatic carbocycles. The number of hydrogen-bond acceptors (Lipinski definition) is 3. The van der Waals surface area contributed by atoms with Crippen LogP contribution in [-0.4, -0.2) is 11.7 Å². The third kappa shape index (κ3) is 4.28. The predicted octanol–water partition coefficient (Wildman–Crippen LogP) is 5.72. The van der Waals surface area contributed by atoms with E-state index in [9.17, 15) is 14.0 Å². The van der Waals surface area contributed by atoms with Gasteiger partial charge in [0.05, 0.1) is 0 Å². The molecule has 2 aliphatic rings. The first-order valence-electron chi connectivity index (χ1n) is 10.2. The number of carbonyl (C=O) groups is 2. The van der Waals surface area contributed by atoms with Gasteiger partial charge in [0, 0.05) is 45.6 Å². The van der Waals surface area contributed by atoms with Gasteiger partial charge in [-0.2, -0.15) is 0 Å². The molecule has 0 spiro atoms. The van der Waals surface area contributed by atoms with Crippen molar-refractivity contribution in [1.82, 2.24) is 5.32 Å². The molecule has 0 aromatic heterocycles. The van der Waals surface area contributed by atoms with Crippen LogP contribution >= 0.6 is 11.6 Å². The number of halogens is 2. The van der Waals surface area contributed by atoms with Crippen LogP contribution < -0.4 is 10.6 Å². The van der Waals surface area contributed by atoms with E-state index in [1.807, 2.05) is 19.1 Å². The zero-order chi connectivity index (χ0) is 22.3. The SMILES string of the molecule is CC1=C(C(=O)Nc2cccc(F)c2)[C@H](c2cccc(Cl)c2)C2=C(CC(C)(C)CC2=O)N1. The van der Waals surface area contributed by atoms with E-state index in [0.717, 1.165) is 11.3 Å². The van der Waals surface area contributed by atoms with Gasteiger partial charge in [-0.1, -0.05) is 43.6 Å². The Labute approximate surface area is 186 Å². The number of carbonyl (C=O) groups excluding carboxylic acids is 2. The standard InChI is InChI=1S/C25H24ClFN2O2/c1-14-21(24(31)29-18-9-5-8-17(27)11-18)22(15-6-4-7-16(26)10-15)23-19(28-14)12-25(2,3)13-20(23)30/h4-11,22,28H,12-13H2,1-3H3,(H,29,31)/t22-/m0/s1. The number of Topliss-reactive ketones (excluding diaryl/α,β-unsaturated/α-hetero) is 1. The van der Waals surface area contributed by atoms with Crippen molar-refractivity contribution in [2.75, 3.05) is 5.32 Å². The van der Waals surface area contributed by atoms with E-state index in [1.54, 1.807) is 18.2 Å². The molecule has 0 unspecified atom stereocenters. The van der Waals surface area contributed by atoms with Crippen molar-refractivity contribution in [3.63, 3.8) is 0 Å². The highest BCUT2D eigenvalue weighted by molar-refractivity contribution is 6.30. The zero-order valence-electron chi connectivity index (χ0n) is 17.7. The molecule has 1 atom stereocenters. The Balaban J connectivity index is 1.81. The van der Waals surface area contributed by atoms with Gasteiger partial charge >= 0.3 is 0 Å². The quantitative estimate of drug-likeness (QED) is 0.644. The van der Waals surface area contributed by atoms with Crippen LogP contribution in [0.3, 0.4) is 0 Å². The first-order chi connectivity index (χ1) is 14.6. The first kappa shape index (κ1) is 21.3. The number of ketones is 1. The van der Waals surface area contributed by atoms with E-state index in [4.69, 9.17) is 11.6 Å². The minimum absolute atomic E-state index is 0.0206. The smallest absolute Gasteiger partial charge is 0.254 e. The summed E-state index contributed by atoms with van der Waals surface area (Å²) in [6.45, 7) is 5.96. The molecule has 2 aromatic carbocycles. The van der Waals surface area contributed by atoms with Gasteiger partial charge in [-0.3, -0.25) is 9.59 Å². The number of anilines is 1. The summed E-state index contributed by atoms with van der Waals surface area (Å²) in [5.74, 6) is -1.35. The summed E-state index contributed by atoms with van der Waals surface area (Å²) in [5.41, 5.74) is 3.53. The Bertz CT molecular complexity index is 1150. The molecule has 31 heavy (non-hydrogen) atoms. The summed E-state index contributed by atoms with van der Waals surface area (Å²) in [7, 11) is 0. The maximum Gasteiger partial charge on any atom is 0.254 e. The molecule has 1 aliphatic heterocycles. The molecular formula is C25H24ClFN2O2. The summed E-state index contributed by atoms with van der Waals surface area (Å²) in [6, 6.07) is 13.0. The van der Waals surface area contributed by atoms with Crippen molar-refractivity contribution in [3.8, 4) is 0 Å². The van der Waals surface area contributed by atoms with Crippen LogP contribution in [0.25, 0.3) is 0 Å². The molecule has 0 saturated heterocycles. The third-order valence-corrected chi connectivity index (χ3v) is 5.98. The molecule has 0 bridgehead atoms. The fraction of sp³-hybridized carbons (Fsp3) is 0.280. The van der Waals surface area contributed by atoms with Crippen LogP contribution in [0, 0.1) is 11.2 Å². The Hall–Kier alpha value is -2.92. The van der Waals surface area contributed by atoms with Crippen molar-refractivity contribution >= 4 is 29.0 Å². The molecule has 160 valence electrons. The van der Waals surface area contributed by atoms with Crippen LogP contribution in [0.1, 0.15) is 45.1 Å². The lowest BCUT2D eigenvalue weighted by atomic mass is 9.68. The zero-order valence-corrected chi connectivity index (χ0v) is 18.4. The van der Waals surface area contributed by atoms with Gasteiger partial charge in [-0.15, -0.1) is 0 Å². The highest BCUT2D eigenvalue weighted by Gasteiger charge is 2.42. The van der Waals surface area contributed by atoms with Crippen LogP contribution in [0.2, 0.25) is 5.02 Å². The van der Waals surface area contributed by atoms with Gasteiger partial charge in [0.1, 0.15) is 5.82 Å². The summed E-state index contributed by atoms with van der Waals surface area (Å²) in [4.78, 5) is 26.6. The number of amides is 1. The maximum atomic E-state index is 13.6. The van der Waals surface area contributed by atoms with Crippen LogP contribution in [-0.2, 0) is 9.59 Å². The largest absolute Gasteiger partial charge is 0.362 e. The highest BCUT2D eigenvalue weighted by atomic mass is 35.5. The first-order valence-corrected chi connectivity index (χ1v) is 10.6. The Morgan fingerprint density at radius 3 is 2.61 bits per heavy atom. The topological polar surface area (TPSA) is 58.2 Å². The minimum Gasteiger partial charge on any atom is -0.362 e. The number of benzene rings is 2. The van der Waals surface area contributed by atoms with E-state index < -0.39 is 11.7 Å². The average Bonchev–Trinajstić information content (AvgIpc) is 2.65. The van der Waals surface area contributed by atoms with Gasteiger partial charge in [-0.05, 0) is 54.7 Å². The molecule has 2 aromatic rings. The number of dihydropyridines is 1. The van der Waals surface area contributed by atoms with Crippen molar-refractivity contribution in [1.29, 1.82) is 0 Å². The molecule has 0 radical (unpaired) electrons. The number of rotatable bonds is 3. The van der Waals surface area contributed by atoms with E-state index in [2.05, 4.69) is 24.5 Å². The summed E-state index contributed by atoms with van der Waals surface area (Å²) >= 11 is 6.26. The molecule has 1 heterocycles. The van der Waals surface area contributed by atoms with Crippen molar-refractivity contribution < 1.29 is 14.0 Å². The average molecular weight is 439 g/mol. The van der Waals surface area contributed by atoms with Gasteiger partial charge in [0.2, 0.25) is 0 Å². The van der Waals surface area contributed by atoms with Crippen molar-refractivity contribution in [2.45, 2.75) is 39.5 Å². The summed E-state index contributed by atoms with van der Waals surface area (Å²) < 4.78 is 13.6. The maximum absolute atomic E-state index is 13.6. The molecule has 4 rings (SSSR count). The Morgan fingerprint density at radius 1 is 1.16 bits per heavy atom. The molecule has 0 saturated carbocycles. The molecule has 1 amide bonds. The summed E-state index contributed by atoms with van der Waals surface area (Å²) in [6.07, 6.45) is 1.11. The van der Waals surface area contributed by atoms with E-state index in [-0.39, 0.29) is 17.1 Å².